The van der Waals surface area contributed by atoms with Crippen LogP contribution in [0.4, 0.5) is 13.2 Å². The Balaban J connectivity index is 3.96. The summed E-state index contributed by atoms with van der Waals surface area (Å²) < 4.78 is 36.5. The zero-order valence-corrected chi connectivity index (χ0v) is 8.22. The minimum absolute atomic E-state index is 0.430. The molecule has 6 heteroatoms. The Kier molecular flexibility index (Phi) is 6.86. The minimum atomic E-state index is -0.923. The van der Waals surface area contributed by atoms with Crippen LogP contribution in [0.1, 0.15) is 6.92 Å². The lowest BCUT2D eigenvalue weighted by molar-refractivity contribution is 0.197. The van der Waals surface area contributed by atoms with E-state index in [0.717, 1.165) is 0 Å². The van der Waals surface area contributed by atoms with E-state index in [1.807, 2.05) is 0 Å². The molecule has 14 heavy (non-hydrogen) atoms. The van der Waals surface area contributed by atoms with E-state index >= 15 is 0 Å². The van der Waals surface area contributed by atoms with E-state index < -0.39 is 44.2 Å². The first-order valence-corrected chi connectivity index (χ1v) is 4.51. The molecule has 0 aliphatic rings. The van der Waals surface area contributed by atoms with E-state index in [0.29, 0.717) is 0 Å². The Morgan fingerprint density at radius 2 is 1.50 bits per heavy atom. The van der Waals surface area contributed by atoms with Crippen molar-refractivity contribution >= 4 is 0 Å². The lowest BCUT2D eigenvalue weighted by Gasteiger charge is -2.26. The smallest absolute Gasteiger partial charge is 0.0975 e. The maximum absolute atomic E-state index is 12.2. The molecule has 86 valence electrons. The molecule has 3 nitrogen and oxygen atoms in total. The van der Waals surface area contributed by atoms with Crippen LogP contribution >= 0.6 is 0 Å². The van der Waals surface area contributed by atoms with E-state index in [-0.39, 0.29) is 0 Å². The lowest BCUT2D eigenvalue weighted by atomic mass is 10.1. The van der Waals surface area contributed by atoms with Crippen molar-refractivity contribution in [2.24, 2.45) is 23.3 Å². The zero-order valence-electron chi connectivity index (χ0n) is 8.22. The van der Waals surface area contributed by atoms with Gasteiger partial charge in [0.25, 0.3) is 0 Å². The zero-order chi connectivity index (χ0) is 11.1. The van der Waals surface area contributed by atoms with Crippen LogP contribution in [0.15, 0.2) is 0 Å². The standard InChI is InChI=1S/C8H18F3N3/c1-5(2-9)7(12)14-8(13)6(3-10)4-11/h5-8,14H,2-4,12-13H2,1H3. The minimum Gasteiger partial charge on any atom is -0.316 e. The van der Waals surface area contributed by atoms with Gasteiger partial charge in [0.05, 0.1) is 32.4 Å². The Bertz CT molecular complexity index is 144. The molecule has 0 aliphatic heterocycles. The van der Waals surface area contributed by atoms with Crippen LogP contribution in [-0.2, 0) is 0 Å². The van der Waals surface area contributed by atoms with Crippen molar-refractivity contribution in [2.75, 3.05) is 20.0 Å². The molecule has 0 amide bonds. The molecule has 0 aromatic carbocycles. The third kappa shape index (κ3) is 4.26. The number of hydrogen-bond acceptors (Lipinski definition) is 3. The fraction of sp³-hybridized carbons (Fsp3) is 1.00. The van der Waals surface area contributed by atoms with Crippen molar-refractivity contribution in [2.45, 2.75) is 19.3 Å². The van der Waals surface area contributed by atoms with Crippen LogP contribution in [0.25, 0.3) is 0 Å². The van der Waals surface area contributed by atoms with Crippen LogP contribution in [0.3, 0.4) is 0 Å². The van der Waals surface area contributed by atoms with Gasteiger partial charge in [-0.2, -0.15) is 0 Å². The Hall–Kier alpha value is -0.330. The molecule has 5 N–H and O–H groups in total. The van der Waals surface area contributed by atoms with Gasteiger partial charge in [0.15, 0.2) is 0 Å². The summed E-state index contributed by atoms with van der Waals surface area (Å²) in [6, 6.07) is 0. The quantitative estimate of drug-likeness (QED) is 0.533. The lowest BCUT2D eigenvalue weighted by Crippen LogP contribution is -2.55. The number of rotatable bonds is 7. The topological polar surface area (TPSA) is 64.1 Å². The molecule has 0 saturated carbocycles. The van der Waals surface area contributed by atoms with Gasteiger partial charge < -0.3 is 11.5 Å². The van der Waals surface area contributed by atoms with Crippen molar-refractivity contribution in [3.8, 4) is 0 Å². The van der Waals surface area contributed by atoms with Gasteiger partial charge >= 0.3 is 0 Å². The average molecular weight is 213 g/mol. The van der Waals surface area contributed by atoms with Gasteiger partial charge in [-0.1, -0.05) is 6.92 Å². The van der Waals surface area contributed by atoms with E-state index in [1.165, 1.54) is 0 Å². The molecule has 0 aromatic rings. The molecule has 0 rings (SSSR count). The Labute approximate surface area is 82.0 Å². The van der Waals surface area contributed by atoms with Crippen molar-refractivity contribution in [1.29, 1.82) is 0 Å². The first-order chi connectivity index (χ1) is 6.56. The first kappa shape index (κ1) is 13.7. The predicted octanol–water partition coefficient (Wildman–Crippen LogP) is 0.306. The molecule has 0 heterocycles. The summed E-state index contributed by atoms with van der Waals surface area (Å²) in [5.41, 5.74) is 10.9. The first-order valence-electron chi connectivity index (χ1n) is 4.51. The van der Waals surface area contributed by atoms with Gasteiger partial charge in [-0.05, 0) is 0 Å². The predicted molar refractivity (Wildman–Crippen MR) is 49.7 cm³/mol. The molecule has 0 radical (unpaired) electrons. The van der Waals surface area contributed by atoms with Crippen molar-refractivity contribution in [1.82, 2.24) is 5.32 Å². The van der Waals surface area contributed by atoms with Gasteiger partial charge in [0, 0.05) is 11.8 Å². The molecule has 0 aliphatic carbocycles. The van der Waals surface area contributed by atoms with Crippen LogP contribution in [0.5, 0.6) is 0 Å². The van der Waals surface area contributed by atoms with Crippen molar-refractivity contribution in [3.63, 3.8) is 0 Å². The summed E-state index contributed by atoms with van der Waals surface area (Å²) in [6.45, 7) is -0.732. The molecule has 0 aromatic heterocycles. The third-order valence-electron chi connectivity index (χ3n) is 2.15. The van der Waals surface area contributed by atoms with Crippen LogP contribution in [0, 0.1) is 11.8 Å². The molecule has 0 saturated heterocycles. The van der Waals surface area contributed by atoms with Gasteiger partial charge in [-0.3, -0.25) is 18.5 Å². The maximum atomic E-state index is 12.2. The van der Waals surface area contributed by atoms with Crippen molar-refractivity contribution < 1.29 is 13.2 Å². The van der Waals surface area contributed by atoms with E-state index in [2.05, 4.69) is 5.32 Å². The number of alkyl halides is 3. The number of nitrogens with one attached hydrogen (secondary N) is 1. The highest BCUT2D eigenvalue weighted by Gasteiger charge is 2.21. The third-order valence-corrected chi connectivity index (χ3v) is 2.15. The summed E-state index contributed by atoms with van der Waals surface area (Å²) in [4.78, 5) is 0. The highest BCUT2D eigenvalue weighted by atomic mass is 19.1. The van der Waals surface area contributed by atoms with E-state index in [9.17, 15) is 13.2 Å². The summed E-state index contributed by atoms with van der Waals surface area (Å²) in [5, 5.41) is 2.57. The normalized spacial score (nSPS) is 18.2. The average Bonchev–Trinajstić information content (AvgIpc) is 2.18. The van der Waals surface area contributed by atoms with Gasteiger partial charge in [0.1, 0.15) is 0 Å². The van der Waals surface area contributed by atoms with Gasteiger partial charge in [0.2, 0.25) is 0 Å². The molecule has 3 atom stereocenters. The Morgan fingerprint density at radius 1 is 1.00 bits per heavy atom. The van der Waals surface area contributed by atoms with Gasteiger partial charge in [-0.25, -0.2) is 0 Å². The monoisotopic (exact) mass is 213 g/mol. The number of halogens is 3. The van der Waals surface area contributed by atoms with E-state index in [4.69, 9.17) is 11.5 Å². The highest BCUT2D eigenvalue weighted by molar-refractivity contribution is 4.75. The van der Waals surface area contributed by atoms with Crippen LogP contribution in [0.2, 0.25) is 0 Å². The largest absolute Gasteiger partial charge is 0.316 e. The van der Waals surface area contributed by atoms with Crippen molar-refractivity contribution in [3.05, 3.63) is 0 Å². The van der Waals surface area contributed by atoms with Gasteiger partial charge in [-0.15, -0.1) is 0 Å². The summed E-state index contributed by atoms with van der Waals surface area (Å²) in [5.74, 6) is -1.35. The fourth-order valence-electron chi connectivity index (χ4n) is 0.852. The number of hydrogen-bond donors (Lipinski definition) is 3. The van der Waals surface area contributed by atoms with Crippen LogP contribution in [-0.4, -0.2) is 32.4 Å². The number of nitrogens with two attached hydrogens (primary N) is 2. The molecule has 0 bridgehead atoms. The van der Waals surface area contributed by atoms with Crippen LogP contribution < -0.4 is 16.8 Å². The summed E-state index contributed by atoms with van der Waals surface area (Å²) >= 11 is 0. The second-order valence-electron chi connectivity index (χ2n) is 3.42. The molecule has 0 fully saturated rings. The fourth-order valence-corrected chi connectivity index (χ4v) is 0.852. The second kappa shape index (κ2) is 7.03. The molecule has 3 unspecified atom stereocenters. The summed E-state index contributed by atoms with van der Waals surface area (Å²) in [6.07, 6.45) is -1.57. The highest BCUT2D eigenvalue weighted by Crippen LogP contribution is 2.05. The molecular weight excluding hydrogens is 195 g/mol. The second-order valence-corrected chi connectivity index (χ2v) is 3.42. The summed E-state index contributed by atoms with van der Waals surface area (Å²) in [7, 11) is 0. The van der Waals surface area contributed by atoms with E-state index in [1.54, 1.807) is 6.92 Å². The SMILES string of the molecule is CC(CF)C(N)NC(N)C(CF)CF. The Morgan fingerprint density at radius 3 is 1.86 bits per heavy atom. The molecule has 0 spiro atoms. The molecular formula is C8H18F3N3. The maximum Gasteiger partial charge on any atom is 0.0975 e.